The fourth-order valence-corrected chi connectivity index (χ4v) is 3.41. The molecule has 3 atom stereocenters. The second-order valence-corrected chi connectivity index (χ2v) is 7.02. The quantitative estimate of drug-likeness (QED) is 0.702. The summed E-state index contributed by atoms with van der Waals surface area (Å²) in [5.74, 6) is 0. The molecular weight excluding hydrogens is 340 g/mol. The molecule has 2 unspecified atom stereocenters. The molecule has 0 amide bonds. The van der Waals surface area contributed by atoms with Gasteiger partial charge >= 0.3 is 0 Å². The molecule has 0 aliphatic carbocycles. The third-order valence-corrected chi connectivity index (χ3v) is 4.93. The first-order valence-electron chi connectivity index (χ1n) is 9.89. The van der Waals surface area contributed by atoms with Gasteiger partial charge in [-0.25, -0.2) is 0 Å². The summed E-state index contributed by atoms with van der Waals surface area (Å²) >= 11 is 0. The molecule has 0 aromatic heterocycles. The predicted octanol–water partition coefficient (Wildman–Crippen LogP) is 4.58. The summed E-state index contributed by atoms with van der Waals surface area (Å²) in [6.45, 7) is 3.15. The summed E-state index contributed by atoms with van der Waals surface area (Å²) < 4.78 is 17.9. The highest BCUT2D eigenvalue weighted by atomic mass is 16.7. The van der Waals surface area contributed by atoms with Crippen LogP contribution in [-0.4, -0.2) is 31.2 Å². The predicted molar refractivity (Wildman–Crippen MR) is 105 cm³/mol. The molecule has 4 nitrogen and oxygen atoms in total. The van der Waals surface area contributed by atoms with Gasteiger partial charge in [-0.05, 0) is 42.9 Å². The molecule has 2 aromatic carbocycles. The van der Waals surface area contributed by atoms with Crippen LogP contribution >= 0.6 is 0 Å². The van der Waals surface area contributed by atoms with E-state index in [0.29, 0.717) is 6.61 Å². The Kier molecular flexibility index (Phi) is 7.84. The Labute approximate surface area is 162 Å². The van der Waals surface area contributed by atoms with Gasteiger partial charge in [0.15, 0.2) is 6.29 Å². The van der Waals surface area contributed by atoms with Gasteiger partial charge < -0.3 is 19.3 Å². The van der Waals surface area contributed by atoms with Crippen LogP contribution in [0.3, 0.4) is 0 Å². The van der Waals surface area contributed by atoms with Gasteiger partial charge in [-0.1, -0.05) is 54.6 Å². The van der Waals surface area contributed by atoms with Crippen LogP contribution in [0.15, 0.2) is 54.6 Å². The Morgan fingerprint density at radius 2 is 1.89 bits per heavy atom. The Hall–Kier alpha value is -1.72. The lowest BCUT2D eigenvalue weighted by molar-refractivity contribution is -0.189. The number of aliphatic hydroxyl groups excluding tert-OH is 1. The molecule has 0 spiro atoms. The Morgan fingerprint density at radius 3 is 2.63 bits per heavy atom. The lowest BCUT2D eigenvalue weighted by Crippen LogP contribution is -2.25. The molecule has 1 aliphatic rings. The normalized spacial score (nSPS) is 19.6. The summed E-state index contributed by atoms with van der Waals surface area (Å²) in [5, 5.41) is 8.99. The van der Waals surface area contributed by atoms with Gasteiger partial charge in [0.1, 0.15) is 0 Å². The lowest BCUT2D eigenvalue weighted by Gasteiger charge is -2.28. The van der Waals surface area contributed by atoms with Crippen molar-refractivity contribution in [3.8, 4) is 0 Å². The van der Waals surface area contributed by atoms with E-state index >= 15 is 0 Å². The van der Waals surface area contributed by atoms with Crippen LogP contribution in [-0.2, 0) is 20.6 Å². The van der Waals surface area contributed by atoms with Gasteiger partial charge in [0.05, 0.1) is 25.4 Å². The van der Waals surface area contributed by atoms with Crippen molar-refractivity contribution in [2.24, 2.45) is 0 Å². The fraction of sp³-hybridized carbons (Fsp3) is 0.478. The van der Waals surface area contributed by atoms with Gasteiger partial charge in [0.25, 0.3) is 0 Å². The van der Waals surface area contributed by atoms with Gasteiger partial charge in [0, 0.05) is 13.0 Å². The Bertz CT molecular complexity index is 667. The summed E-state index contributed by atoms with van der Waals surface area (Å²) in [6, 6.07) is 18.8. The zero-order chi connectivity index (χ0) is 18.9. The zero-order valence-electron chi connectivity index (χ0n) is 16.0. The van der Waals surface area contributed by atoms with Crippen molar-refractivity contribution in [1.82, 2.24) is 0 Å². The SMILES string of the molecule is CC(OCCO)c1cccc([C@H](Cc2ccccc2)OC2CCCCO2)c1. The molecule has 1 heterocycles. The molecule has 146 valence electrons. The Balaban J connectivity index is 1.78. The average molecular weight is 370 g/mol. The van der Waals surface area contributed by atoms with Crippen LogP contribution in [0.5, 0.6) is 0 Å². The summed E-state index contributed by atoms with van der Waals surface area (Å²) in [6.07, 6.45) is 3.73. The van der Waals surface area contributed by atoms with Crippen molar-refractivity contribution in [2.45, 2.75) is 51.1 Å². The molecule has 0 radical (unpaired) electrons. The highest BCUT2D eigenvalue weighted by molar-refractivity contribution is 5.28. The molecule has 1 aliphatic heterocycles. The number of hydrogen-bond acceptors (Lipinski definition) is 4. The zero-order valence-corrected chi connectivity index (χ0v) is 16.0. The first kappa shape index (κ1) is 20.0. The Morgan fingerprint density at radius 1 is 1.07 bits per heavy atom. The van der Waals surface area contributed by atoms with Crippen LogP contribution in [0.4, 0.5) is 0 Å². The summed E-state index contributed by atoms with van der Waals surface area (Å²) in [4.78, 5) is 0. The standard InChI is InChI=1S/C23H30O4/c1-18(25-15-13-24)20-10-7-11-21(17-20)22(16-19-8-3-2-4-9-19)27-23-12-5-6-14-26-23/h2-4,7-11,17-18,22-24H,5-6,12-16H2,1H3/t18?,22-,23?/m0/s1. The topological polar surface area (TPSA) is 47.9 Å². The number of ether oxygens (including phenoxy) is 3. The largest absolute Gasteiger partial charge is 0.394 e. The summed E-state index contributed by atoms with van der Waals surface area (Å²) in [7, 11) is 0. The highest BCUT2D eigenvalue weighted by Gasteiger charge is 2.22. The van der Waals surface area contributed by atoms with Crippen molar-refractivity contribution in [3.05, 3.63) is 71.3 Å². The molecule has 1 saturated heterocycles. The number of benzene rings is 2. The van der Waals surface area contributed by atoms with Gasteiger partial charge in [-0.2, -0.15) is 0 Å². The van der Waals surface area contributed by atoms with Gasteiger partial charge in [-0.3, -0.25) is 0 Å². The van der Waals surface area contributed by atoms with E-state index in [-0.39, 0.29) is 25.1 Å². The number of aliphatic hydroxyl groups is 1. The molecular formula is C23H30O4. The molecule has 27 heavy (non-hydrogen) atoms. The molecule has 4 heteroatoms. The van der Waals surface area contributed by atoms with Gasteiger partial charge in [-0.15, -0.1) is 0 Å². The van der Waals surface area contributed by atoms with E-state index in [0.717, 1.165) is 43.4 Å². The third kappa shape index (κ3) is 6.15. The van der Waals surface area contributed by atoms with E-state index in [1.807, 2.05) is 19.1 Å². The maximum absolute atomic E-state index is 8.99. The van der Waals surface area contributed by atoms with E-state index in [9.17, 15) is 0 Å². The maximum Gasteiger partial charge on any atom is 0.158 e. The molecule has 0 saturated carbocycles. The van der Waals surface area contributed by atoms with Gasteiger partial charge in [0.2, 0.25) is 0 Å². The first-order valence-corrected chi connectivity index (χ1v) is 9.89. The van der Waals surface area contributed by atoms with Crippen molar-refractivity contribution in [1.29, 1.82) is 0 Å². The maximum atomic E-state index is 8.99. The second kappa shape index (κ2) is 10.6. The van der Waals surface area contributed by atoms with Crippen LogP contribution < -0.4 is 0 Å². The molecule has 1 N–H and O–H groups in total. The molecule has 3 rings (SSSR count). The second-order valence-electron chi connectivity index (χ2n) is 7.02. The van der Waals surface area contributed by atoms with Crippen LogP contribution in [0, 0.1) is 0 Å². The van der Waals surface area contributed by atoms with Crippen molar-refractivity contribution in [2.75, 3.05) is 19.8 Å². The van der Waals surface area contributed by atoms with Crippen LogP contribution in [0.1, 0.15) is 55.1 Å². The molecule has 1 fully saturated rings. The van der Waals surface area contributed by atoms with Crippen molar-refractivity contribution in [3.63, 3.8) is 0 Å². The number of hydrogen-bond donors (Lipinski definition) is 1. The third-order valence-electron chi connectivity index (χ3n) is 4.93. The smallest absolute Gasteiger partial charge is 0.158 e. The average Bonchev–Trinajstić information content (AvgIpc) is 2.73. The van der Waals surface area contributed by atoms with E-state index < -0.39 is 0 Å². The molecule has 2 aromatic rings. The number of rotatable bonds is 9. The van der Waals surface area contributed by atoms with E-state index in [2.05, 4.69) is 42.5 Å². The van der Waals surface area contributed by atoms with Crippen LogP contribution in [0.25, 0.3) is 0 Å². The van der Waals surface area contributed by atoms with E-state index in [4.69, 9.17) is 19.3 Å². The van der Waals surface area contributed by atoms with E-state index in [1.165, 1.54) is 5.56 Å². The van der Waals surface area contributed by atoms with Crippen molar-refractivity contribution >= 4 is 0 Å². The van der Waals surface area contributed by atoms with E-state index in [1.54, 1.807) is 0 Å². The highest BCUT2D eigenvalue weighted by Crippen LogP contribution is 2.29. The monoisotopic (exact) mass is 370 g/mol. The minimum Gasteiger partial charge on any atom is -0.394 e. The summed E-state index contributed by atoms with van der Waals surface area (Å²) in [5.41, 5.74) is 3.46. The van der Waals surface area contributed by atoms with Crippen molar-refractivity contribution < 1.29 is 19.3 Å². The molecule has 0 bridgehead atoms. The first-order chi connectivity index (χ1) is 13.3. The lowest BCUT2D eigenvalue weighted by atomic mass is 9.98. The van der Waals surface area contributed by atoms with Crippen LogP contribution in [0.2, 0.25) is 0 Å². The minimum absolute atomic E-state index is 0.0305. The fourth-order valence-electron chi connectivity index (χ4n) is 3.41. The minimum atomic E-state index is -0.140.